The standard InChI is InChI=1S/C13H11NO/c1-15-13-6-12(7-14)10(11(12)13)8-4-2-3-5-9(8)13/h2-5,10-11H,6H2,1H3/t10-,11-,12+,13-/m1/s1. The average molecular weight is 197 g/mol. The first-order valence-corrected chi connectivity index (χ1v) is 5.36. The van der Waals surface area contributed by atoms with Crippen LogP contribution in [0.3, 0.4) is 0 Å². The Morgan fingerprint density at radius 2 is 2.27 bits per heavy atom. The Bertz CT molecular complexity index is 518. The zero-order valence-electron chi connectivity index (χ0n) is 8.53. The Labute approximate surface area is 88.5 Å². The third-order valence-electron chi connectivity index (χ3n) is 4.72. The van der Waals surface area contributed by atoms with E-state index in [-0.39, 0.29) is 11.0 Å². The fourth-order valence-corrected chi connectivity index (χ4v) is 4.12. The van der Waals surface area contributed by atoms with E-state index in [0.29, 0.717) is 11.8 Å². The maximum absolute atomic E-state index is 9.24. The lowest BCUT2D eigenvalue weighted by Gasteiger charge is -2.44. The van der Waals surface area contributed by atoms with Gasteiger partial charge in [-0.05, 0) is 11.1 Å². The number of hydrogen-bond donors (Lipinski definition) is 0. The molecular formula is C13H11NO. The van der Waals surface area contributed by atoms with Gasteiger partial charge in [-0.25, -0.2) is 0 Å². The van der Waals surface area contributed by atoms with Crippen LogP contribution < -0.4 is 0 Å². The first-order chi connectivity index (χ1) is 7.30. The summed E-state index contributed by atoms with van der Waals surface area (Å²) in [5.74, 6) is 0.899. The van der Waals surface area contributed by atoms with Crippen molar-refractivity contribution in [1.29, 1.82) is 5.26 Å². The number of benzene rings is 1. The summed E-state index contributed by atoms with van der Waals surface area (Å²) in [4.78, 5) is 0. The van der Waals surface area contributed by atoms with E-state index in [1.165, 1.54) is 11.1 Å². The predicted molar refractivity (Wildman–Crippen MR) is 54.0 cm³/mol. The maximum atomic E-state index is 9.24. The lowest BCUT2D eigenvalue weighted by Crippen LogP contribution is -2.44. The molecule has 2 fully saturated rings. The SMILES string of the molecule is CO[C@]12C[C@]3(C#N)[C@H](c4ccccc41)[C@H]32. The van der Waals surface area contributed by atoms with Gasteiger partial charge >= 0.3 is 0 Å². The first-order valence-electron chi connectivity index (χ1n) is 5.36. The molecule has 0 heterocycles. The van der Waals surface area contributed by atoms with Crippen LogP contribution in [0.1, 0.15) is 23.5 Å². The molecule has 1 aromatic rings. The summed E-state index contributed by atoms with van der Waals surface area (Å²) in [6, 6.07) is 11.0. The van der Waals surface area contributed by atoms with Crippen molar-refractivity contribution in [3.63, 3.8) is 0 Å². The third-order valence-corrected chi connectivity index (χ3v) is 4.72. The summed E-state index contributed by atoms with van der Waals surface area (Å²) in [5.41, 5.74) is 2.51. The van der Waals surface area contributed by atoms with Gasteiger partial charge in [0.05, 0.1) is 17.1 Å². The molecule has 4 atom stereocenters. The molecule has 0 aliphatic heterocycles. The minimum absolute atomic E-state index is 0.0651. The van der Waals surface area contributed by atoms with Crippen molar-refractivity contribution in [2.75, 3.05) is 7.11 Å². The summed E-state index contributed by atoms with van der Waals surface area (Å²) < 4.78 is 5.72. The highest BCUT2D eigenvalue weighted by Gasteiger charge is 2.88. The van der Waals surface area contributed by atoms with Gasteiger partial charge in [0.25, 0.3) is 0 Å². The Hall–Kier alpha value is -1.33. The second kappa shape index (κ2) is 1.96. The third kappa shape index (κ3) is 0.540. The molecule has 2 heteroatoms. The van der Waals surface area contributed by atoms with E-state index in [0.717, 1.165) is 6.42 Å². The number of nitriles is 1. The van der Waals surface area contributed by atoms with E-state index in [1.54, 1.807) is 7.11 Å². The number of hydrogen-bond acceptors (Lipinski definition) is 2. The van der Waals surface area contributed by atoms with Crippen LogP contribution in [-0.4, -0.2) is 7.11 Å². The number of nitrogens with zero attached hydrogens (tertiary/aromatic N) is 1. The average Bonchev–Trinajstić information content (AvgIpc) is 2.74. The van der Waals surface area contributed by atoms with Gasteiger partial charge in [-0.3, -0.25) is 0 Å². The zero-order chi connectivity index (χ0) is 10.3. The van der Waals surface area contributed by atoms with Crippen molar-refractivity contribution >= 4 is 0 Å². The molecule has 0 saturated heterocycles. The van der Waals surface area contributed by atoms with Gasteiger partial charge in [0.2, 0.25) is 0 Å². The molecule has 1 aromatic carbocycles. The highest BCUT2D eigenvalue weighted by Crippen LogP contribution is 2.88. The maximum Gasteiger partial charge on any atom is 0.0995 e. The van der Waals surface area contributed by atoms with Crippen molar-refractivity contribution in [3.8, 4) is 6.07 Å². The number of fused-ring (bicyclic) bond motifs is 4. The van der Waals surface area contributed by atoms with Crippen LogP contribution in [0, 0.1) is 22.7 Å². The smallest absolute Gasteiger partial charge is 0.0995 e. The summed E-state index contributed by atoms with van der Waals surface area (Å²) in [6.45, 7) is 0. The Morgan fingerprint density at radius 3 is 3.00 bits per heavy atom. The second-order valence-corrected chi connectivity index (χ2v) is 4.97. The van der Waals surface area contributed by atoms with Crippen molar-refractivity contribution in [2.24, 2.45) is 11.3 Å². The lowest BCUT2D eigenvalue weighted by molar-refractivity contribution is -0.104. The minimum Gasteiger partial charge on any atom is -0.373 e. The summed E-state index contributed by atoms with van der Waals surface area (Å²) >= 11 is 0. The van der Waals surface area contributed by atoms with Crippen LogP contribution in [0.25, 0.3) is 0 Å². The van der Waals surface area contributed by atoms with E-state index in [9.17, 15) is 5.26 Å². The topological polar surface area (TPSA) is 33.0 Å². The fourth-order valence-electron chi connectivity index (χ4n) is 4.12. The molecule has 0 amide bonds. The summed E-state index contributed by atoms with van der Waals surface area (Å²) in [7, 11) is 1.78. The van der Waals surface area contributed by atoms with Gasteiger partial charge in [-0.15, -0.1) is 0 Å². The van der Waals surface area contributed by atoms with Crippen LogP contribution in [0.15, 0.2) is 24.3 Å². The molecule has 4 rings (SSSR count). The van der Waals surface area contributed by atoms with Gasteiger partial charge in [-0.1, -0.05) is 24.3 Å². The normalized spacial score (nSPS) is 47.5. The first kappa shape index (κ1) is 7.90. The van der Waals surface area contributed by atoms with Crippen molar-refractivity contribution in [3.05, 3.63) is 35.4 Å². The fraction of sp³-hybridized carbons (Fsp3) is 0.462. The number of methoxy groups -OCH3 is 1. The summed E-state index contributed by atoms with van der Waals surface area (Å²) in [6.07, 6.45) is 0.902. The molecule has 2 nitrogen and oxygen atoms in total. The monoisotopic (exact) mass is 197 g/mol. The second-order valence-electron chi connectivity index (χ2n) is 4.97. The van der Waals surface area contributed by atoms with Gasteiger partial charge in [0, 0.05) is 25.4 Å². The number of ether oxygens (including phenoxy) is 1. The molecule has 74 valence electrons. The zero-order valence-corrected chi connectivity index (χ0v) is 8.53. The van der Waals surface area contributed by atoms with E-state index in [2.05, 4.69) is 30.3 Å². The van der Waals surface area contributed by atoms with Crippen LogP contribution >= 0.6 is 0 Å². The van der Waals surface area contributed by atoms with E-state index in [1.807, 2.05) is 0 Å². The summed E-state index contributed by atoms with van der Waals surface area (Å²) in [5, 5.41) is 9.24. The van der Waals surface area contributed by atoms with Crippen LogP contribution in [-0.2, 0) is 10.3 Å². The molecule has 3 aliphatic rings. The molecule has 0 aromatic heterocycles. The molecule has 0 spiro atoms. The Balaban J connectivity index is 1.98. The molecule has 15 heavy (non-hydrogen) atoms. The molecule has 3 aliphatic carbocycles. The van der Waals surface area contributed by atoms with Crippen molar-refractivity contribution < 1.29 is 4.74 Å². The predicted octanol–water partition coefficient (Wildman–Crippen LogP) is 2.17. The van der Waals surface area contributed by atoms with Crippen molar-refractivity contribution in [1.82, 2.24) is 0 Å². The van der Waals surface area contributed by atoms with Gasteiger partial charge in [0.15, 0.2) is 0 Å². The van der Waals surface area contributed by atoms with Gasteiger partial charge in [-0.2, -0.15) is 5.26 Å². The molecule has 0 unspecified atom stereocenters. The molecule has 0 radical (unpaired) electrons. The van der Waals surface area contributed by atoms with Gasteiger partial charge in [0.1, 0.15) is 0 Å². The minimum atomic E-state index is -0.114. The molecule has 0 N–H and O–H groups in total. The van der Waals surface area contributed by atoms with E-state index >= 15 is 0 Å². The largest absolute Gasteiger partial charge is 0.373 e. The quantitative estimate of drug-likeness (QED) is 0.691. The van der Waals surface area contributed by atoms with Crippen molar-refractivity contribution in [2.45, 2.75) is 17.9 Å². The van der Waals surface area contributed by atoms with E-state index in [4.69, 9.17) is 4.74 Å². The van der Waals surface area contributed by atoms with Crippen LogP contribution in [0.4, 0.5) is 0 Å². The Morgan fingerprint density at radius 1 is 1.47 bits per heavy atom. The molecule has 2 saturated carbocycles. The highest BCUT2D eigenvalue weighted by molar-refractivity contribution is 5.61. The van der Waals surface area contributed by atoms with Gasteiger partial charge < -0.3 is 4.74 Å². The highest BCUT2D eigenvalue weighted by atomic mass is 16.5. The number of rotatable bonds is 1. The van der Waals surface area contributed by atoms with Crippen LogP contribution in [0.2, 0.25) is 0 Å². The molecular weight excluding hydrogens is 186 g/mol. The molecule has 0 bridgehead atoms. The lowest BCUT2D eigenvalue weighted by atomic mass is 9.66. The van der Waals surface area contributed by atoms with Crippen LogP contribution in [0.5, 0.6) is 0 Å². The van der Waals surface area contributed by atoms with E-state index < -0.39 is 0 Å². The Kier molecular flexibility index (Phi) is 1.03.